The second kappa shape index (κ2) is 13.0. The van der Waals surface area contributed by atoms with Crippen LogP contribution in [0.4, 0.5) is 17.1 Å². The summed E-state index contributed by atoms with van der Waals surface area (Å²) in [6.07, 6.45) is 0. The Morgan fingerprint density at radius 1 is 0.476 bits per heavy atom. The maximum atomic E-state index is 13.9. The molecule has 0 N–H and O–H groups in total. The third kappa shape index (κ3) is 5.17. The van der Waals surface area contributed by atoms with E-state index in [9.17, 15) is 4.79 Å². The van der Waals surface area contributed by atoms with Crippen LogP contribution in [-0.4, -0.2) is 4.57 Å². The quantitative estimate of drug-likeness (QED) is 0.204. The Morgan fingerprint density at radius 2 is 1.05 bits per heavy atom. The number of pyridine rings is 1. The van der Waals surface area contributed by atoms with E-state index in [4.69, 9.17) is 0 Å². The van der Waals surface area contributed by atoms with Gasteiger partial charge in [-0.05, 0) is 66.0 Å². The van der Waals surface area contributed by atoms with E-state index in [0.29, 0.717) is 10.8 Å². The van der Waals surface area contributed by atoms with E-state index < -0.39 is 0 Å². The zero-order chi connectivity index (χ0) is 29.5. The van der Waals surface area contributed by atoms with Crippen molar-refractivity contribution in [3.05, 3.63) is 156 Å². The van der Waals surface area contributed by atoms with Crippen molar-refractivity contribution in [2.75, 3.05) is 4.90 Å². The Morgan fingerprint density at radius 3 is 1.79 bits per heavy atom. The van der Waals surface area contributed by atoms with Gasteiger partial charge in [0.05, 0.1) is 16.7 Å². The van der Waals surface area contributed by atoms with Gasteiger partial charge in [-0.25, -0.2) is 0 Å². The lowest BCUT2D eigenvalue weighted by Gasteiger charge is -2.27. The number of anilines is 3. The molecule has 0 saturated carbocycles. The van der Waals surface area contributed by atoms with E-state index in [1.165, 1.54) is 5.39 Å². The van der Waals surface area contributed by atoms with Crippen LogP contribution in [0.25, 0.3) is 38.3 Å². The Bertz CT molecular complexity index is 1990. The molecule has 0 radical (unpaired) electrons. The maximum absolute atomic E-state index is 13.9. The summed E-state index contributed by atoms with van der Waals surface area (Å²) in [7, 11) is 0. The predicted octanol–water partition coefficient (Wildman–Crippen LogP) is 10.8. The zero-order valence-electron chi connectivity index (χ0n) is 24.7. The molecule has 208 valence electrons. The van der Waals surface area contributed by atoms with Crippen LogP contribution in [0.2, 0.25) is 0 Å². The summed E-state index contributed by atoms with van der Waals surface area (Å²) in [5.74, 6) is 0. The Balaban J connectivity index is 0.000000847. The maximum Gasteiger partial charge on any atom is 0.197 e. The molecule has 3 nitrogen and oxygen atoms in total. The fraction of sp³-hybridized carbons (Fsp3) is 0.103. The zero-order valence-corrected chi connectivity index (χ0v) is 24.7. The summed E-state index contributed by atoms with van der Waals surface area (Å²) in [4.78, 5) is 16.1. The molecule has 0 aliphatic rings. The van der Waals surface area contributed by atoms with Crippen LogP contribution in [0.3, 0.4) is 0 Å². The van der Waals surface area contributed by atoms with E-state index in [1.54, 1.807) is 0 Å². The van der Waals surface area contributed by atoms with E-state index in [0.717, 1.165) is 39.2 Å². The highest BCUT2D eigenvalue weighted by atomic mass is 16.1. The molecule has 0 bridgehead atoms. The Kier molecular flexibility index (Phi) is 8.79. The minimum absolute atomic E-state index is 0.0376. The smallest absolute Gasteiger partial charge is 0.197 e. The predicted molar refractivity (Wildman–Crippen MR) is 182 cm³/mol. The molecule has 0 unspecified atom stereocenters. The van der Waals surface area contributed by atoms with E-state index in [1.807, 2.05) is 94.4 Å². The van der Waals surface area contributed by atoms with Gasteiger partial charge in [0.2, 0.25) is 0 Å². The average molecular weight is 549 g/mol. The third-order valence-electron chi connectivity index (χ3n) is 7.15. The number of fused-ring (bicyclic) bond motifs is 3. The molecule has 0 amide bonds. The van der Waals surface area contributed by atoms with Gasteiger partial charge in [0.1, 0.15) is 0 Å². The van der Waals surface area contributed by atoms with Crippen LogP contribution in [0.1, 0.15) is 27.7 Å². The number of para-hydroxylation sites is 3. The Labute approximate surface area is 247 Å². The molecule has 0 fully saturated rings. The molecule has 7 rings (SSSR count). The van der Waals surface area contributed by atoms with Crippen LogP contribution >= 0.6 is 0 Å². The minimum Gasteiger partial charge on any atom is -0.310 e. The van der Waals surface area contributed by atoms with Gasteiger partial charge in [-0.1, -0.05) is 113 Å². The first-order valence-electron chi connectivity index (χ1n) is 14.8. The average Bonchev–Trinajstić information content (AvgIpc) is 3.08. The summed E-state index contributed by atoms with van der Waals surface area (Å²) in [6.45, 7) is 8.00. The van der Waals surface area contributed by atoms with Gasteiger partial charge in [-0.15, -0.1) is 0 Å². The SMILES string of the molecule is CC.CC.O=c1c2ccccc2n(-c2ccccc2)c2ccc(N(c3ccccc3)c3cccc4ccccc34)cc12. The number of benzene rings is 6. The molecule has 0 aliphatic heterocycles. The first-order chi connectivity index (χ1) is 20.8. The highest BCUT2D eigenvalue weighted by Crippen LogP contribution is 2.39. The van der Waals surface area contributed by atoms with Gasteiger partial charge in [0.15, 0.2) is 5.43 Å². The molecule has 1 aromatic heterocycles. The second-order valence-corrected chi connectivity index (χ2v) is 9.39. The van der Waals surface area contributed by atoms with Crippen LogP contribution < -0.4 is 10.3 Å². The standard InChI is InChI=1S/C35H24N2O.2C2H6/c38-35-30-19-9-10-20-33(30)37(27-16-5-2-6-17-27)34-23-22-28(24-31(34)35)36(26-14-3-1-4-15-26)32-21-11-13-25-12-7-8-18-29(25)32;2*1-2/h1-24H;2*1-2H3. The first kappa shape index (κ1) is 28.4. The molecule has 0 spiro atoms. The fourth-order valence-electron chi connectivity index (χ4n) is 5.44. The molecular formula is C39H36N2O. The normalized spacial score (nSPS) is 10.5. The van der Waals surface area contributed by atoms with Crippen molar-refractivity contribution in [1.29, 1.82) is 0 Å². The summed E-state index contributed by atoms with van der Waals surface area (Å²) in [5, 5.41) is 3.71. The molecule has 42 heavy (non-hydrogen) atoms. The highest BCUT2D eigenvalue weighted by Gasteiger charge is 2.18. The van der Waals surface area contributed by atoms with Gasteiger partial charge in [-0.2, -0.15) is 0 Å². The lowest BCUT2D eigenvalue weighted by atomic mass is 10.0. The Hall–Kier alpha value is -5.15. The lowest BCUT2D eigenvalue weighted by molar-refractivity contribution is 1.16. The molecule has 3 heteroatoms. The summed E-state index contributed by atoms with van der Waals surface area (Å²) in [6, 6.07) is 49.4. The largest absolute Gasteiger partial charge is 0.310 e. The van der Waals surface area contributed by atoms with Crippen LogP contribution in [0.15, 0.2) is 150 Å². The molecule has 6 aromatic carbocycles. The summed E-state index contributed by atoms with van der Waals surface area (Å²) in [5.41, 5.74) is 5.88. The molecule has 1 heterocycles. The molecule has 7 aromatic rings. The number of rotatable bonds is 4. The van der Waals surface area contributed by atoms with E-state index in [2.05, 4.69) is 88.3 Å². The minimum atomic E-state index is 0.0376. The lowest BCUT2D eigenvalue weighted by Crippen LogP contribution is -2.13. The van der Waals surface area contributed by atoms with Crippen molar-refractivity contribution in [3.63, 3.8) is 0 Å². The number of nitrogens with zero attached hydrogens (tertiary/aromatic N) is 2. The number of hydrogen-bond donors (Lipinski definition) is 0. The van der Waals surface area contributed by atoms with E-state index >= 15 is 0 Å². The van der Waals surface area contributed by atoms with Crippen molar-refractivity contribution < 1.29 is 0 Å². The van der Waals surface area contributed by atoms with Crippen LogP contribution in [0, 0.1) is 0 Å². The van der Waals surface area contributed by atoms with Gasteiger partial charge < -0.3 is 9.47 Å². The fourth-order valence-corrected chi connectivity index (χ4v) is 5.44. The second-order valence-electron chi connectivity index (χ2n) is 9.39. The molecular weight excluding hydrogens is 512 g/mol. The number of aromatic nitrogens is 1. The van der Waals surface area contributed by atoms with Crippen molar-refractivity contribution >= 4 is 49.6 Å². The van der Waals surface area contributed by atoms with Gasteiger partial charge >= 0.3 is 0 Å². The van der Waals surface area contributed by atoms with Gasteiger partial charge in [0, 0.05) is 33.2 Å². The van der Waals surface area contributed by atoms with Gasteiger partial charge in [-0.3, -0.25) is 4.79 Å². The summed E-state index contributed by atoms with van der Waals surface area (Å²) >= 11 is 0. The first-order valence-corrected chi connectivity index (χ1v) is 14.8. The van der Waals surface area contributed by atoms with Crippen molar-refractivity contribution in [2.45, 2.75) is 27.7 Å². The van der Waals surface area contributed by atoms with Gasteiger partial charge in [0.25, 0.3) is 0 Å². The third-order valence-corrected chi connectivity index (χ3v) is 7.15. The summed E-state index contributed by atoms with van der Waals surface area (Å²) < 4.78 is 2.18. The van der Waals surface area contributed by atoms with Crippen LogP contribution in [-0.2, 0) is 0 Å². The van der Waals surface area contributed by atoms with Crippen molar-refractivity contribution in [1.82, 2.24) is 4.57 Å². The van der Waals surface area contributed by atoms with E-state index in [-0.39, 0.29) is 5.43 Å². The van der Waals surface area contributed by atoms with Crippen LogP contribution in [0.5, 0.6) is 0 Å². The number of hydrogen-bond acceptors (Lipinski definition) is 2. The topological polar surface area (TPSA) is 25.2 Å². The molecule has 0 atom stereocenters. The van der Waals surface area contributed by atoms with Crippen molar-refractivity contribution in [3.8, 4) is 5.69 Å². The van der Waals surface area contributed by atoms with Crippen molar-refractivity contribution in [2.24, 2.45) is 0 Å². The molecule has 0 aliphatic carbocycles. The monoisotopic (exact) mass is 548 g/mol. The highest BCUT2D eigenvalue weighted by molar-refractivity contribution is 6.01. The molecule has 0 saturated heterocycles.